The van der Waals surface area contributed by atoms with Gasteiger partial charge in [0.25, 0.3) is 0 Å². The maximum atomic E-state index is 5.60. The van der Waals surface area contributed by atoms with Crippen molar-refractivity contribution in [2.75, 3.05) is 13.2 Å². The summed E-state index contributed by atoms with van der Waals surface area (Å²) in [5.41, 5.74) is 4.81. The highest BCUT2D eigenvalue weighted by atomic mass is 32.1. The Labute approximate surface area is 184 Å². The molecule has 1 aliphatic heterocycles. The number of rotatable bonds is 6. The van der Waals surface area contributed by atoms with E-state index in [9.17, 15) is 0 Å². The molecule has 0 saturated heterocycles. The molecule has 1 fully saturated rings. The Morgan fingerprint density at radius 3 is 2.27 bits per heavy atom. The number of nitrogens with zero attached hydrogens (tertiary/aromatic N) is 1. The summed E-state index contributed by atoms with van der Waals surface area (Å²) in [6, 6.07) is 16.7. The van der Waals surface area contributed by atoms with E-state index in [4.69, 9.17) is 26.7 Å². The van der Waals surface area contributed by atoms with Gasteiger partial charge in [-0.25, -0.2) is 4.99 Å². The summed E-state index contributed by atoms with van der Waals surface area (Å²) < 4.78 is 11.2. The van der Waals surface area contributed by atoms with Crippen molar-refractivity contribution >= 4 is 29.1 Å². The maximum Gasteiger partial charge on any atom is 0.193 e. The third kappa shape index (κ3) is 4.57. The molecule has 0 radical (unpaired) electrons. The summed E-state index contributed by atoms with van der Waals surface area (Å²) in [4.78, 5) is 4.77. The summed E-state index contributed by atoms with van der Waals surface area (Å²) >= 11 is 5.52. The molecular weight excluding hydrogens is 392 g/mol. The number of ether oxygens (including phenoxy) is 2. The van der Waals surface area contributed by atoms with E-state index >= 15 is 0 Å². The molecule has 2 aromatic carbocycles. The van der Waals surface area contributed by atoms with E-state index in [0.29, 0.717) is 24.2 Å². The standard InChI is InChI=1S/C25H28N2O2S/c1-3-28-20-12-8-17(9-13-20)16-19-6-5-7-22-23(26-25(30)27-24(19)22)18-10-14-21(15-11-18)29-4-2/h8-16,22-23H,3-7H2,1-2H3,(H,26,30)/b19-16+/t22-,23-/m0/s1. The normalized spacial score (nSPS) is 22.1. The molecule has 0 bridgehead atoms. The van der Waals surface area contributed by atoms with Gasteiger partial charge in [-0.1, -0.05) is 24.3 Å². The lowest BCUT2D eigenvalue weighted by Gasteiger charge is -2.37. The summed E-state index contributed by atoms with van der Waals surface area (Å²) in [5, 5.41) is 4.02. The van der Waals surface area contributed by atoms with Crippen molar-refractivity contribution in [1.29, 1.82) is 0 Å². The zero-order valence-electron chi connectivity index (χ0n) is 17.6. The second kappa shape index (κ2) is 9.43. The van der Waals surface area contributed by atoms with Crippen LogP contribution < -0.4 is 14.8 Å². The number of hydrogen-bond donors (Lipinski definition) is 1. The molecule has 0 unspecified atom stereocenters. The van der Waals surface area contributed by atoms with Crippen LogP contribution >= 0.6 is 12.2 Å². The van der Waals surface area contributed by atoms with E-state index in [1.807, 2.05) is 38.1 Å². The molecule has 4 rings (SSSR count). The van der Waals surface area contributed by atoms with Crippen molar-refractivity contribution in [3.8, 4) is 11.5 Å². The fourth-order valence-corrected chi connectivity index (χ4v) is 4.52. The van der Waals surface area contributed by atoms with Crippen LogP contribution in [-0.4, -0.2) is 24.0 Å². The second-order valence-corrected chi connectivity index (χ2v) is 7.98. The van der Waals surface area contributed by atoms with Crippen LogP contribution in [0.25, 0.3) is 6.08 Å². The number of thiocarbonyl (C=S) groups is 1. The highest BCUT2D eigenvalue weighted by molar-refractivity contribution is 7.80. The van der Waals surface area contributed by atoms with Gasteiger partial charge in [0.15, 0.2) is 5.11 Å². The average molecular weight is 421 g/mol. The molecule has 1 heterocycles. The van der Waals surface area contributed by atoms with Crippen molar-refractivity contribution in [2.24, 2.45) is 10.9 Å². The third-order valence-electron chi connectivity index (χ3n) is 5.63. The highest BCUT2D eigenvalue weighted by Crippen LogP contribution is 2.38. The van der Waals surface area contributed by atoms with E-state index in [-0.39, 0.29) is 6.04 Å². The Kier molecular flexibility index (Phi) is 6.48. The van der Waals surface area contributed by atoms with Gasteiger partial charge in [-0.05, 0) is 92.4 Å². The van der Waals surface area contributed by atoms with Crippen LogP contribution in [0.4, 0.5) is 0 Å². The lowest BCUT2D eigenvalue weighted by atomic mass is 9.76. The largest absolute Gasteiger partial charge is 0.494 e. The van der Waals surface area contributed by atoms with Gasteiger partial charge in [-0.3, -0.25) is 0 Å². The fraction of sp³-hybridized carbons (Fsp3) is 0.360. The number of nitrogens with one attached hydrogen (secondary N) is 1. The summed E-state index contributed by atoms with van der Waals surface area (Å²) in [5.74, 6) is 2.11. The molecule has 0 spiro atoms. The minimum atomic E-state index is 0.143. The van der Waals surface area contributed by atoms with Gasteiger partial charge in [-0.2, -0.15) is 0 Å². The molecule has 4 nitrogen and oxygen atoms in total. The first-order valence-corrected chi connectivity index (χ1v) is 11.1. The Morgan fingerprint density at radius 1 is 1.00 bits per heavy atom. The molecule has 0 aromatic heterocycles. The highest BCUT2D eigenvalue weighted by Gasteiger charge is 2.36. The molecule has 2 aromatic rings. The zero-order chi connectivity index (χ0) is 20.9. The summed E-state index contributed by atoms with van der Waals surface area (Å²) in [6.07, 6.45) is 5.53. The summed E-state index contributed by atoms with van der Waals surface area (Å²) in [6.45, 7) is 5.34. The van der Waals surface area contributed by atoms with Crippen LogP contribution in [0.3, 0.4) is 0 Å². The monoisotopic (exact) mass is 420 g/mol. The molecule has 2 atom stereocenters. The van der Waals surface area contributed by atoms with Gasteiger partial charge in [0.2, 0.25) is 0 Å². The van der Waals surface area contributed by atoms with Crippen molar-refractivity contribution in [1.82, 2.24) is 5.32 Å². The number of allylic oxidation sites excluding steroid dienone is 1. The second-order valence-electron chi connectivity index (χ2n) is 7.60. The predicted molar refractivity (Wildman–Crippen MR) is 126 cm³/mol. The predicted octanol–water partition coefficient (Wildman–Crippen LogP) is 5.74. The van der Waals surface area contributed by atoms with Crippen LogP contribution in [0.15, 0.2) is 59.1 Å². The molecular formula is C25H28N2O2S. The lowest BCUT2D eigenvalue weighted by Crippen LogP contribution is -2.42. The van der Waals surface area contributed by atoms with Crippen molar-refractivity contribution in [3.05, 3.63) is 65.2 Å². The van der Waals surface area contributed by atoms with Gasteiger partial charge in [-0.15, -0.1) is 0 Å². The molecule has 1 N–H and O–H groups in total. The first-order valence-electron chi connectivity index (χ1n) is 10.7. The van der Waals surface area contributed by atoms with Crippen molar-refractivity contribution < 1.29 is 9.47 Å². The van der Waals surface area contributed by atoms with Gasteiger partial charge in [0.05, 0.1) is 25.0 Å². The lowest BCUT2D eigenvalue weighted by molar-refractivity contribution is 0.340. The van der Waals surface area contributed by atoms with Crippen LogP contribution in [0.5, 0.6) is 11.5 Å². The van der Waals surface area contributed by atoms with Crippen molar-refractivity contribution in [3.63, 3.8) is 0 Å². The molecule has 5 heteroatoms. The molecule has 156 valence electrons. The number of aliphatic imine (C=N–C) groups is 1. The van der Waals surface area contributed by atoms with E-state index in [1.54, 1.807) is 0 Å². The first-order chi connectivity index (χ1) is 14.7. The van der Waals surface area contributed by atoms with E-state index < -0.39 is 0 Å². The molecule has 2 aliphatic rings. The smallest absolute Gasteiger partial charge is 0.193 e. The molecule has 1 saturated carbocycles. The van der Waals surface area contributed by atoms with Crippen LogP contribution in [-0.2, 0) is 0 Å². The maximum absolute atomic E-state index is 5.60. The van der Waals surface area contributed by atoms with E-state index in [2.05, 4.69) is 35.7 Å². The first kappa shape index (κ1) is 20.6. The van der Waals surface area contributed by atoms with Crippen LogP contribution in [0.1, 0.15) is 50.3 Å². The summed E-state index contributed by atoms with van der Waals surface area (Å²) in [7, 11) is 0. The number of benzene rings is 2. The van der Waals surface area contributed by atoms with E-state index in [0.717, 1.165) is 36.5 Å². The van der Waals surface area contributed by atoms with Crippen LogP contribution in [0, 0.1) is 5.92 Å². The minimum Gasteiger partial charge on any atom is -0.494 e. The average Bonchev–Trinajstić information content (AvgIpc) is 2.76. The molecule has 0 amide bonds. The Balaban J connectivity index is 1.60. The third-order valence-corrected chi connectivity index (χ3v) is 5.84. The fourth-order valence-electron chi connectivity index (χ4n) is 4.30. The van der Waals surface area contributed by atoms with Gasteiger partial charge in [0.1, 0.15) is 11.5 Å². The molecule has 1 aliphatic carbocycles. The van der Waals surface area contributed by atoms with Crippen molar-refractivity contribution in [2.45, 2.75) is 39.2 Å². The number of fused-ring (bicyclic) bond motifs is 1. The van der Waals surface area contributed by atoms with E-state index in [1.165, 1.54) is 16.7 Å². The minimum absolute atomic E-state index is 0.143. The molecule has 30 heavy (non-hydrogen) atoms. The topological polar surface area (TPSA) is 42.8 Å². The van der Waals surface area contributed by atoms with Gasteiger partial charge in [0, 0.05) is 5.92 Å². The van der Waals surface area contributed by atoms with Gasteiger partial charge < -0.3 is 14.8 Å². The number of hydrogen-bond acceptors (Lipinski definition) is 3. The Hall–Kier alpha value is -2.66. The van der Waals surface area contributed by atoms with Gasteiger partial charge >= 0.3 is 0 Å². The SMILES string of the molecule is CCOc1ccc(/C=C2\CCC[C@@H]3C2=NC(=S)N[C@H]3c2ccc(OCC)cc2)cc1. The Morgan fingerprint density at radius 2 is 1.63 bits per heavy atom. The quantitative estimate of drug-likeness (QED) is 0.605. The van der Waals surface area contributed by atoms with Crippen LogP contribution in [0.2, 0.25) is 0 Å². The Bertz CT molecular complexity index is 948. The zero-order valence-corrected chi connectivity index (χ0v) is 18.4.